The van der Waals surface area contributed by atoms with Crippen LogP contribution in [0.15, 0.2) is 24.3 Å². The standard InChI is InChI=1S/C16H21F2N3O4.ClH/c1-24-9-12(19)14(22)20-13-3-2-8-21(15(13)23)10-4-6-11(7-5-10)25-16(17)18;/h4-7,12-13,16H,2-3,8-9,19H2,1H3,(H,20,22);1H. The van der Waals surface area contributed by atoms with E-state index in [0.29, 0.717) is 25.1 Å². The van der Waals surface area contributed by atoms with Crippen LogP contribution < -0.4 is 20.7 Å². The summed E-state index contributed by atoms with van der Waals surface area (Å²) >= 11 is 0. The SMILES string of the molecule is COCC(N)C(=O)NC1CCCN(c2ccc(OC(F)F)cc2)C1=O.Cl. The molecule has 0 spiro atoms. The van der Waals surface area contributed by atoms with Crippen LogP contribution in [0, 0.1) is 0 Å². The summed E-state index contributed by atoms with van der Waals surface area (Å²) in [5.74, 6) is -0.715. The second kappa shape index (κ2) is 10.2. The topological polar surface area (TPSA) is 93.9 Å². The summed E-state index contributed by atoms with van der Waals surface area (Å²) in [5.41, 5.74) is 6.20. The van der Waals surface area contributed by atoms with Crippen LogP contribution in [0.3, 0.4) is 0 Å². The minimum Gasteiger partial charge on any atom is -0.435 e. The molecule has 0 saturated carbocycles. The molecular formula is C16H22ClF2N3O4. The molecule has 2 unspecified atom stereocenters. The van der Waals surface area contributed by atoms with Gasteiger partial charge in [0.2, 0.25) is 11.8 Å². The lowest BCUT2D eigenvalue weighted by Crippen LogP contribution is -2.56. The predicted molar refractivity (Wildman–Crippen MR) is 93.7 cm³/mol. The van der Waals surface area contributed by atoms with E-state index in [-0.39, 0.29) is 30.7 Å². The van der Waals surface area contributed by atoms with E-state index in [0.717, 1.165) is 0 Å². The Bertz CT molecular complexity index is 604. The van der Waals surface area contributed by atoms with E-state index in [1.807, 2.05) is 0 Å². The van der Waals surface area contributed by atoms with E-state index >= 15 is 0 Å². The van der Waals surface area contributed by atoms with Gasteiger partial charge in [-0.25, -0.2) is 0 Å². The van der Waals surface area contributed by atoms with E-state index in [2.05, 4.69) is 10.1 Å². The molecule has 10 heteroatoms. The number of amides is 2. The number of halogens is 3. The lowest BCUT2D eigenvalue weighted by Gasteiger charge is -2.33. The lowest BCUT2D eigenvalue weighted by atomic mass is 10.0. The zero-order valence-electron chi connectivity index (χ0n) is 14.2. The molecule has 0 radical (unpaired) electrons. The van der Waals surface area contributed by atoms with Gasteiger partial charge >= 0.3 is 6.61 Å². The number of nitrogens with zero attached hydrogens (tertiary/aromatic N) is 1. The molecule has 0 bridgehead atoms. The van der Waals surface area contributed by atoms with Crippen molar-refractivity contribution >= 4 is 29.9 Å². The van der Waals surface area contributed by atoms with Crippen LogP contribution in [-0.4, -0.2) is 50.8 Å². The van der Waals surface area contributed by atoms with E-state index < -0.39 is 24.6 Å². The maximum absolute atomic E-state index is 12.6. The minimum atomic E-state index is -2.90. The second-order valence-corrected chi connectivity index (χ2v) is 5.63. The van der Waals surface area contributed by atoms with Crippen molar-refractivity contribution in [3.05, 3.63) is 24.3 Å². The van der Waals surface area contributed by atoms with Crippen molar-refractivity contribution in [2.75, 3.05) is 25.2 Å². The number of hydrogen-bond acceptors (Lipinski definition) is 5. The number of ether oxygens (including phenoxy) is 2. The fourth-order valence-electron chi connectivity index (χ4n) is 2.61. The van der Waals surface area contributed by atoms with Crippen LogP contribution in [0.4, 0.5) is 14.5 Å². The molecule has 7 nitrogen and oxygen atoms in total. The average molecular weight is 394 g/mol. The summed E-state index contributed by atoms with van der Waals surface area (Å²) in [6.45, 7) is -2.37. The summed E-state index contributed by atoms with van der Waals surface area (Å²) in [5, 5.41) is 2.63. The number of piperidine rings is 1. The Kier molecular flexibility index (Phi) is 8.70. The Balaban J connectivity index is 0.00000338. The Morgan fingerprint density at radius 2 is 2.04 bits per heavy atom. The average Bonchev–Trinajstić information content (AvgIpc) is 2.57. The first-order valence-electron chi connectivity index (χ1n) is 7.83. The number of rotatable bonds is 7. The molecule has 2 atom stereocenters. The Morgan fingerprint density at radius 3 is 2.62 bits per heavy atom. The number of carbonyl (C=O) groups excluding carboxylic acids is 2. The van der Waals surface area contributed by atoms with E-state index in [9.17, 15) is 18.4 Å². The highest BCUT2D eigenvalue weighted by Gasteiger charge is 2.31. The number of benzene rings is 1. The molecule has 0 aliphatic carbocycles. The largest absolute Gasteiger partial charge is 0.435 e. The molecular weight excluding hydrogens is 372 g/mol. The first kappa shape index (κ1) is 22.1. The lowest BCUT2D eigenvalue weighted by molar-refractivity contribution is -0.129. The molecule has 1 heterocycles. The van der Waals surface area contributed by atoms with Crippen LogP contribution >= 0.6 is 12.4 Å². The monoisotopic (exact) mass is 393 g/mol. The molecule has 1 fully saturated rings. The molecule has 1 aliphatic heterocycles. The highest BCUT2D eigenvalue weighted by atomic mass is 35.5. The van der Waals surface area contributed by atoms with Crippen LogP contribution in [-0.2, 0) is 14.3 Å². The minimum absolute atomic E-state index is 0. The maximum Gasteiger partial charge on any atom is 0.387 e. The zero-order chi connectivity index (χ0) is 18.4. The van der Waals surface area contributed by atoms with E-state index in [1.165, 1.54) is 36.3 Å². The molecule has 2 amide bonds. The fraction of sp³-hybridized carbons (Fsp3) is 0.500. The van der Waals surface area contributed by atoms with Crippen molar-refractivity contribution in [3.63, 3.8) is 0 Å². The Hall–Kier alpha value is -1.97. The van der Waals surface area contributed by atoms with Crippen molar-refractivity contribution in [1.29, 1.82) is 0 Å². The van der Waals surface area contributed by atoms with E-state index in [4.69, 9.17) is 10.5 Å². The summed E-state index contributed by atoms with van der Waals surface area (Å²) in [6, 6.07) is 4.25. The molecule has 146 valence electrons. The van der Waals surface area contributed by atoms with Crippen molar-refractivity contribution in [3.8, 4) is 5.75 Å². The number of carbonyl (C=O) groups is 2. The third kappa shape index (κ3) is 5.79. The third-order valence-electron chi connectivity index (χ3n) is 3.81. The normalized spacial score (nSPS) is 18.3. The second-order valence-electron chi connectivity index (χ2n) is 5.63. The van der Waals surface area contributed by atoms with Gasteiger partial charge < -0.3 is 25.4 Å². The first-order valence-corrected chi connectivity index (χ1v) is 7.83. The van der Waals surface area contributed by atoms with Crippen LogP contribution in [0.1, 0.15) is 12.8 Å². The van der Waals surface area contributed by atoms with Crippen LogP contribution in [0.25, 0.3) is 0 Å². The van der Waals surface area contributed by atoms with Gasteiger partial charge in [-0.2, -0.15) is 8.78 Å². The van der Waals surface area contributed by atoms with Gasteiger partial charge in [-0.3, -0.25) is 9.59 Å². The summed E-state index contributed by atoms with van der Waals surface area (Å²) in [6.07, 6.45) is 1.19. The number of alkyl halides is 2. The summed E-state index contributed by atoms with van der Waals surface area (Å²) in [7, 11) is 1.43. The Morgan fingerprint density at radius 1 is 1.38 bits per heavy atom. The number of anilines is 1. The van der Waals surface area contributed by atoms with Gasteiger partial charge in [-0.1, -0.05) is 0 Å². The molecule has 1 aromatic rings. The quantitative estimate of drug-likeness (QED) is 0.728. The van der Waals surface area contributed by atoms with Gasteiger partial charge in [0, 0.05) is 19.3 Å². The number of methoxy groups -OCH3 is 1. The molecule has 2 rings (SSSR count). The molecule has 1 saturated heterocycles. The molecule has 26 heavy (non-hydrogen) atoms. The van der Waals surface area contributed by atoms with E-state index in [1.54, 1.807) is 0 Å². The Labute approximate surface area is 156 Å². The van der Waals surface area contributed by atoms with Gasteiger partial charge in [0.05, 0.1) is 6.61 Å². The highest BCUT2D eigenvalue weighted by Crippen LogP contribution is 2.24. The molecule has 1 aliphatic rings. The van der Waals surface area contributed by atoms with Crippen LogP contribution in [0.2, 0.25) is 0 Å². The van der Waals surface area contributed by atoms with Gasteiger partial charge in [-0.15, -0.1) is 12.4 Å². The zero-order valence-corrected chi connectivity index (χ0v) is 15.0. The van der Waals surface area contributed by atoms with Crippen LogP contribution in [0.5, 0.6) is 5.75 Å². The first-order chi connectivity index (χ1) is 11.9. The van der Waals surface area contributed by atoms with Gasteiger partial charge in [0.25, 0.3) is 0 Å². The van der Waals surface area contributed by atoms with Crippen molar-refractivity contribution in [2.24, 2.45) is 5.73 Å². The van der Waals surface area contributed by atoms with Gasteiger partial charge in [0.15, 0.2) is 0 Å². The smallest absolute Gasteiger partial charge is 0.387 e. The van der Waals surface area contributed by atoms with Gasteiger partial charge in [0.1, 0.15) is 17.8 Å². The third-order valence-corrected chi connectivity index (χ3v) is 3.81. The molecule has 3 N–H and O–H groups in total. The number of nitrogens with two attached hydrogens (primary N) is 1. The summed E-state index contributed by atoms with van der Waals surface area (Å²) in [4.78, 5) is 26.1. The van der Waals surface area contributed by atoms with Crippen molar-refractivity contribution < 1.29 is 27.8 Å². The van der Waals surface area contributed by atoms with Gasteiger partial charge in [-0.05, 0) is 37.1 Å². The highest BCUT2D eigenvalue weighted by molar-refractivity contribution is 6.00. The molecule has 0 aromatic heterocycles. The summed E-state index contributed by atoms with van der Waals surface area (Å²) < 4.78 is 33.5. The predicted octanol–water partition coefficient (Wildman–Crippen LogP) is 1.30. The number of nitrogens with one attached hydrogen (secondary N) is 1. The number of hydrogen-bond donors (Lipinski definition) is 2. The van der Waals surface area contributed by atoms with Crippen molar-refractivity contribution in [1.82, 2.24) is 5.32 Å². The fourth-order valence-corrected chi connectivity index (χ4v) is 2.61. The van der Waals surface area contributed by atoms with Crippen molar-refractivity contribution in [2.45, 2.75) is 31.5 Å². The maximum atomic E-state index is 12.6. The molecule has 1 aromatic carbocycles.